The molecule has 27 heavy (non-hydrogen) atoms. The minimum atomic E-state index is -0.683. The Balaban J connectivity index is 1.74. The average Bonchev–Trinajstić information content (AvgIpc) is 2.69. The summed E-state index contributed by atoms with van der Waals surface area (Å²) in [5.41, 5.74) is -0.0597. The first-order valence-corrected chi connectivity index (χ1v) is 8.62. The smallest absolute Gasteiger partial charge is 0.343 e. The molecule has 0 fully saturated rings. The van der Waals surface area contributed by atoms with E-state index in [9.17, 15) is 14.9 Å². The van der Waals surface area contributed by atoms with Crippen LogP contribution in [0.4, 0.5) is 5.69 Å². The van der Waals surface area contributed by atoms with Crippen molar-refractivity contribution in [2.45, 2.75) is 9.92 Å². The Kier molecular flexibility index (Phi) is 5.68. The van der Waals surface area contributed by atoms with E-state index >= 15 is 0 Å². The van der Waals surface area contributed by atoms with Crippen molar-refractivity contribution in [1.29, 1.82) is 0 Å². The number of hydrogen-bond donors (Lipinski definition) is 0. The number of aromatic nitrogens is 1. The van der Waals surface area contributed by atoms with Crippen LogP contribution in [-0.2, 0) is 0 Å². The maximum Gasteiger partial charge on any atom is 0.343 e. The van der Waals surface area contributed by atoms with Gasteiger partial charge in [-0.05, 0) is 48.5 Å². The largest absolute Gasteiger partial charge is 0.496 e. The van der Waals surface area contributed by atoms with Crippen LogP contribution in [-0.4, -0.2) is 23.0 Å². The predicted molar refractivity (Wildman–Crippen MR) is 99.4 cm³/mol. The summed E-state index contributed by atoms with van der Waals surface area (Å²) in [4.78, 5) is 28.0. The Bertz CT molecular complexity index is 962. The Morgan fingerprint density at radius 2 is 1.89 bits per heavy atom. The number of esters is 1. The lowest BCUT2D eigenvalue weighted by atomic mass is 10.2. The lowest BCUT2D eigenvalue weighted by molar-refractivity contribution is -0.385. The standard InChI is InChI=1S/C19H14N2O5S/c1-25-14-7-10-17(16(12-14)21(23)24)26-19(22)13-5-8-15(9-6-13)27-18-4-2-3-11-20-18/h2-12H,1H3. The number of nitro groups is 1. The lowest BCUT2D eigenvalue weighted by Gasteiger charge is -2.07. The van der Waals surface area contributed by atoms with Crippen LogP contribution in [0.2, 0.25) is 0 Å². The van der Waals surface area contributed by atoms with Crippen molar-refractivity contribution in [3.8, 4) is 11.5 Å². The van der Waals surface area contributed by atoms with E-state index < -0.39 is 10.9 Å². The summed E-state index contributed by atoms with van der Waals surface area (Å²) in [6.45, 7) is 0. The normalized spacial score (nSPS) is 10.3. The molecule has 0 aliphatic heterocycles. The highest BCUT2D eigenvalue weighted by Crippen LogP contribution is 2.32. The van der Waals surface area contributed by atoms with Gasteiger partial charge in [0.15, 0.2) is 0 Å². The number of pyridine rings is 1. The summed E-state index contributed by atoms with van der Waals surface area (Å²) >= 11 is 1.46. The van der Waals surface area contributed by atoms with Crippen molar-refractivity contribution in [2.75, 3.05) is 7.11 Å². The van der Waals surface area contributed by atoms with Crippen molar-refractivity contribution in [2.24, 2.45) is 0 Å². The molecule has 2 aromatic carbocycles. The molecule has 0 aliphatic carbocycles. The second-order valence-electron chi connectivity index (χ2n) is 5.27. The third kappa shape index (κ3) is 4.62. The van der Waals surface area contributed by atoms with Gasteiger partial charge in [0.05, 0.1) is 23.7 Å². The number of methoxy groups -OCH3 is 1. The van der Waals surface area contributed by atoms with Gasteiger partial charge < -0.3 is 9.47 Å². The van der Waals surface area contributed by atoms with Gasteiger partial charge in [-0.2, -0.15) is 0 Å². The van der Waals surface area contributed by atoms with Crippen LogP contribution >= 0.6 is 11.8 Å². The van der Waals surface area contributed by atoms with Gasteiger partial charge in [-0.25, -0.2) is 9.78 Å². The lowest BCUT2D eigenvalue weighted by Crippen LogP contribution is -2.09. The van der Waals surface area contributed by atoms with Crippen molar-refractivity contribution >= 4 is 23.4 Å². The number of ether oxygens (including phenoxy) is 2. The number of nitrogens with zero attached hydrogens (tertiary/aromatic N) is 2. The van der Waals surface area contributed by atoms with E-state index in [1.807, 2.05) is 18.2 Å². The first-order chi connectivity index (χ1) is 13.1. The molecule has 0 spiro atoms. The van der Waals surface area contributed by atoms with Gasteiger partial charge in [0.2, 0.25) is 5.75 Å². The molecule has 0 unspecified atom stereocenters. The van der Waals surface area contributed by atoms with E-state index in [4.69, 9.17) is 9.47 Å². The summed E-state index contributed by atoms with van der Waals surface area (Å²) < 4.78 is 10.2. The molecule has 0 radical (unpaired) electrons. The molecule has 0 N–H and O–H groups in total. The van der Waals surface area contributed by atoms with E-state index in [0.29, 0.717) is 5.75 Å². The monoisotopic (exact) mass is 382 g/mol. The molecule has 0 saturated carbocycles. The van der Waals surface area contributed by atoms with Gasteiger partial charge >= 0.3 is 11.7 Å². The number of benzene rings is 2. The Morgan fingerprint density at radius 1 is 1.11 bits per heavy atom. The van der Waals surface area contributed by atoms with Crippen molar-refractivity contribution in [3.05, 3.63) is 82.5 Å². The molecule has 3 rings (SSSR count). The number of carbonyl (C=O) groups excluding carboxylic acids is 1. The molecule has 0 aliphatic rings. The minimum absolute atomic E-state index is 0.141. The number of nitro benzene ring substituents is 1. The third-order valence-corrected chi connectivity index (χ3v) is 4.47. The maximum atomic E-state index is 12.3. The van der Waals surface area contributed by atoms with Crippen LogP contribution in [0, 0.1) is 10.1 Å². The fourth-order valence-electron chi connectivity index (χ4n) is 2.20. The maximum absolute atomic E-state index is 12.3. The summed E-state index contributed by atoms with van der Waals surface area (Å²) in [5, 5.41) is 12.0. The van der Waals surface area contributed by atoms with Crippen LogP contribution in [0.3, 0.4) is 0 Å². The number of hydrogen-bond acceptors (Lipinski definition) is 7. The highest BCUT2D eigenvalue weighted by Gasteiger charge is 2.20. The van der Waals surface area contributed by atoms with Gasteiger partial charge in [0.1, 0.15) is 10.8 Å². The minimum Gasteiger partial charge on any atom is -0.496 e. The second-order valence-corrected chi connectivity index (χ2v) is 6.37. The van der Waals surface area contributed by atoms with Crippen LogP contribution < -0.4 is 9.47 Å². The van der Waals surface area contributed by atoms with Crippen LogP contribution in [0.15, 0.2) is 76.8 Å². The van der Waals surface area contributed by atoms with E-state index in [2.05, 4.69) is 4.98 Å². The van der Waals surface area contributed by atoms with Crippen LogP contribution in [0.1, 0.15) is 10.4 Å². The average molecular weight is 382 g/mol. The van der Waals surface area contributed by atoms with E-state index in [-0.39, 0.29) is 17.0 Å². The SMILES string of the molecule is COc1ccc(OC(=O)c2ccc(Sc3ccccn3)cc2)c([N+](=O)[O-])c1. The summed E-state index contributed by atoms with van der Waals surface area (Å²) in [6.07, 6.45) is 1.70. The predicted octanol–water partition coefficient (Wildman–Crippen LogP) is 4.37. The van der Waals surface area contributed by atoms with Gasteiger partial charge in [0, 0.05) is 11.1 Å². The Labute approximate surface area is 159 Å². The first kappa shape index (κ1) is 18.4. The highest BCUT2D eigenvalue weighted by molar-refractivity contribution is 7.99. The molecule has 136 valence electrons. The van der Waals surface area contributed by atoms with Crippen molar-refractivity contribution in [1.82, 2.24) is 4.98 Å². The summed E-state index contributed by atoms with van der Waals surface area (Å²) in [6, 6.07) is 16.4. The summed E-state index contributed by atoms with van der Waals surface area (Å²) in [5.74, 6) is -0.521. The van der Waals surface area contributed by atoms with Gasteiger partial charge in [-0.15, -0.1) is 0 Å². The van der Waals surface area contributed by atoms with E-state index in [0.717, 1.165) is 9.92 Å². The molecule has 8 heteroatoms. The zero-order chi connectivity index (χ0) is 19.2. The molecule has 7 nitrogen and oxygen atoms in total. The van der Waals surface area contributed by atoms with Crippen molar-refractivity contribution < 1.29 is 19.2 Å². The Morgan fingerprint density at radius 3 is 2.52 bits per heavy atom. The molecule has 1 aromatic heterocycles. The quantitative estimate of drug-likeness (QED) is 0.270. The highest BCUT2D eigenvalue weighted by atomic mass is 32.2. The van der Waals surface area contributed by atoms with Crippen LogP contribution in [0.25, 0.3) is 0 Å². The third-order valence-electron chi connectivity index (χ3n) is 3.52. The van der Waals surface area contributed by atoms with Gasteiger partial charge in [0.25, 0.3) is 0 Å². The molecule has 0 atom stereocenters. The van der Waals surface area contributed by atoms with Gasteiger partial charge in [-0.3, -0.25) is 10.1 Å². The molecule has 3 aromatic rings. The van der Waals surface area contributed by atoms with E-state index in [1.54, 1.807) is 30.5 Å². The molecule has 0 saturated heterocycles. The van der Waals surface area contributed by atoms with E-state index in [1.165, 1.54) is 37.1 Å². The zero-order valence-corrected chi connectivity index (χ0v) is 15.0. The fraction of sp³-hybridized carbons (Fsp3) is 0.0526. The second kappa shape index (κ2) is 8.33. The van der Waals surface area contributed by atoms with Crippen molar-refractivity contribution in [3.63, 3.8) is 0 Å². The topological polar surface area (TPSA) is 91.6 Å². The zero-order valence-electron chi connectivity index (χ0n) is 14.2. The molecular weight excluding hydrogens is 368 g/mol. The first-order valence-electron chi connectivity index (χ1n) is 7.80. The number of carbonyl (C=O) groups is 1. The number of rotatable bonds is 6. The summed E-state index contributed by atoms with van der Waals surface area (Å²) in [7, 11) is 1.40. The fourth-order valence-corrected chi connectivity index (χ4v) is 2.97. The van der Waals surface area contributed by atoms with Crippen LogP contribution in [0.5, 0.6) is 11.5 Å². The van der Waals surface area contributed by atoms with Gasteiger partial charge in [-0.1, -0.05) is 17.8 Å². The molecule has 1 heterocycles. The Hall–Kier alpha value is -3.39. The molecular formula is C19H14N2O5S. The molecule has 0 amide bonds. The molecule has 0 bridgehead atoms.